The van der Waals surface area contributed by atoms with Gasteiger partial charge in [0.2, 0.25) is 0 Å². The number of rotatable bonds is 6. The fourth-order valence-electron chi connectivity index (χ4n) is 3.73. The van der Waals surface area contributed by atoms with Crippen LogP contribution in [0.15, 0.2) is 66.9 Å². The summed E-state index contributed by atoms with van der Waals surface area (Å²) in [5, 5.41) is 0.754. The Balaban J connectivity index is 1.37. The molecule has 0 bridgehead atoms. The van der Waals surface area contributed by atoms with E-state index in [1.54, 1.807) is 0 Å². The van der Waals surface area contributed by atoms with Crippen LogP contribution in [-0.2, 0) is 6.42 Å². The largest absolute Gasteiger partial charge is 0.303 e. The molecule has 2 aromatic carbocycles. The van der Waals surface area contributed by atoms with Crippen LogP contribution in [0.1, 0.15) is 24.8 Å². The molecule has 0 aliphatic carbocycles. The normalized spacial score (nSPS) is 14.6. The van der Waals surface area contributed by atoms with Crippen LogP contribution in [0.2, 0.25) is 5.02 Å². The Labute approximate surface area is 166 Å². The second-order valence-electron chi connectivity index (χ2n) is 7.29. The predicted molar refractivity (Wildman–Crippen MR) is 114 cm³/mol. The maximum absolute atomic E-state index is 5.96. The highest BCUT2D eigenvalue weighted by atomic mass is 35.5. The summed E-state index contributed by atoms with van der Waals surface area (Å²) in [6.45, 7) is 3.81. The van der Waals surface area contributed by atoms with Crippen molar-refractivity contribution in [1.82, 2.24) is 9.88 Å². The third kappa shape index (κ3) is 4.77. The van der Waals surface area contributed by atoms with Gasteiger partial charge in [-0.15, -0.1) is 0 Å². The van der Waals surface area contributed by atoms with Crippen molar-refractivity contribution in [2.75, 3.05) is 19.6 Å². The highest BCUT2D eigenvalue weighted by Crippen LogP contribution is 2.24. The number of aromatic nitrogens is 1. The van der Waals surface area contributed by atoms with Crippen molar-refractivity contribution in [3.63, 3.8) is 0 Å². The van der Waals surface area contributed by atoms with Gasteiger partial charge in [-0.2, -0.15) is 0 Å². The quantitative estimate of drug-likeness (QED) is 0.516. The molecule has 4 rings (SSSR count). The van der Waals surface area contributed by atoms with Crippen LogP contribution < -0.4 is 0 Å². The van der Waals surface area contributed by atoms with E-state index in [2.05, 4.69) is 46.3 Å². The topological polar surface area (TPSA) is 16.1 Å². The summed E-state index contributed by atoms with van der Waals surface area (Å²) in [5.74, 6) is 0. The molecule has 3 heteroatoms. The summed E-state index contributed by atoms with van der Waals surface area (Å²) in [4.78, 5) is 7.24. The number of hydrogen-bond acceptors (Lipinski definition) is 2. The van der Waals surface area contributed by atoms with Crippen molar-refractivity contribution in [2.45, 2.75) is 25.7 Å². The zero-order valence-electron chi connectivity index (χ0n) is 15.6. The van der Waals surface area contributed by atoms with Crippen molar-refractivity contribution in [2.24, 2.45) is 0 Å². The van der Waals surface area contributed by atoms with Gasteiger partial charge in [-0.3, -0.25) is 4.98 Å². The molecular weight excluding hydrogens is 352 g/mol. The number of benzene rings is 2. The van der Waals surface area contributed by atoms with Gasteiger partial charge in [0, 0.05) is 22.3 Å². The molecule has 1 aromatic heterocycles. The Morgan fingerprint density at radius 2 is 1.44 bits per heavy atom. The summed E-state index contributed by atoms with van der Waals surface area (Å²) >= 11 is 5.96. The maximum atomic E-state index is 5.96. The first-order valence-corrected chi connectivity index (χ1v) is 10.2. The number of pyridine rings is 1. The SMILES string of the molecule is Clc1ccc(-c2ccc(-c3ccc(CCCN4CCCC4)cc3)nc2)cc1. The Morgan fingerprint density at radius 1 is 0.778 bits per heavy atom. The lowest BCUT2D eigenvalue weighted by molar-refractivity contribution is 0.334. The zero-order chi connectivity index (χ0) is 18.5. The lowest BCUT2D eigenvalue weighted by Gasteiger charge is -2.14. The van der Waals surface area contributed by atoms with Gasteiger partial charge in [0.1, 0.15) is 0 Å². The first-order valence-electron chi connectivity index (χ1n) is 9.82. The monoisotopic (exact) mass is 376 g/mol. The van der Waals surface area contributed by atoms with Crippen molar-refractivity contribution in [3.8, 4) is 22.4 Å². The molecule has 2 nitrogen and oxygen atoms in total. The summed E-state index contributed by atoms with van der Waals surface area (Å²) in [6.07, 6.45) is 7.08. The third-order valence-corrected chi connectivity index (χ3v) is 5.58. The van der Waals surface area contributed by atoms with Crippen LogP contribution in [0.3, 0.4) is 0 Å². The molecule has 0 N–H and O–H groups in total. The fourth-order valence-corrected chi connectivity index (χ4v) is 3.86. The van der Waals surface area contributed by atoms with Crippen LogP contribution in [-0.4, -0.2) is 29.5 Å². The van der Waals surface area contributed by atoms with Crippen LogP contribution in [0.5, 0.6) is 0 Å². The average molecular weight is 377 g/mol. The Morgan fingerprint density at radius 3 is 2.11 bits per heavy atom. The lowest BCUT2D eigenvalue weighted by atomic mass is 10.0. The predicted octanol–water partition coefficient (Wildman–Crippen LogP) is 6.10. The van der Waals surface area contributed by atoms with Crippen molar-refractivity contribution >= 4 is 11.6 Å². The molecule has 1 saturated heterocycles. The summed E-state index contributed by atoms with van der Waals surface area (Å²) < 4.78 is 0. The van der Waals surface area contributed by atoms with Crippen LogP contribution in [0.4, 0.5) is 0 Å². The Hall–Kier alpha value is -2.16. The molecule has 0 radical (unpaired) electrons. The van der Waals surface area contributed by atoms with Gasteiger partial charge in [-0.25, -0.2) is 0 Å². The molecule has 27 heavy (non-hydrogen) atoms. The Bertz CT molecular complexity index is 848. The van der Waals surface area contributed by atoms with E-state index in [1.165, 1.54) is 50.0 Å². The molecule has 1 aliphatic rings. The van der Waals surface area contributed by atoms with E-state index in [9.17, 15) is 0 Å². The van der Waals surface area contributed by atoms with Gasteiger partial charge < -0.3 is 4.90 Å². The van der Waals surface area contributed by atoms with E-state index >= 15 is 0 Å². The first kappa shape index (κ1) is 18.2. The van der Waals surface area contributed by atoms with Gasteiger partial charge in [0.05, 0.1) is 5.69 Å². The number of halogens is 1. The molecule has 0 unspecified atom stereocenters. The van der Waals surface area contributed by atoms with Gasteiger partial charge in [0.15, 0.2) is 0 Å². The second-order valence-corrected chi connectivity index (χ2v) is 7.72. The van der Waals surface area contributed by atoms with Gasteiger partial charge in [0.25, 0.3) is 0 Å². The number of aryl methyl sites for hydroxylation is 1. The standard InChI is InChI=1S/C24H25ClN2/c25-23-12-9-20(10-13-23)22-11-14-24(26-18-22)21-7-5-19(6-8-21)4-3-17-27-15-1-2-16-27/h5-14,18H,1-4,15-17H2. The van der Waals surface area contributed by atoms with Crippen LogP contribution >= 0.6 is 11.6 Å². The Kier molecular flexibility index (Phi) is 5.86. The van der Waals surface area contributed by atoms with Crippen LogP contribution in [0, 0.1) is 0 Å². The number of likely N-dealkylation sites (tertiary alicyclic amines) is 1. The molecule has 3 aromatic rings. The van der Waals surface area contributed by atoms with E-state index in [0.29, 0.717) is 0 Å². The minimum absolute atomic E-state index is 0.754. The first-order chi connectivity index (χ1) is 13.3. The van der Waals surface area contributed by atoms with E-state index in [4.69, 9.17) is 11.6 Å². The summed E-state index contributed by atoms with van der Waals surface area (Å²) in [5.41, 5.74) is 5.83. The second kappa shape index (κ2) is 8.69. The minimum Gasteiger partial charge on any atom is -0.303 e. The van der Waals surface area contributed by atoms with Gasteiger partial charge in [-0.1, -0.05) is 54.1 Å². The molecule has 1 fully saturated rings. The molecule has 138 valence electrons. The van der Waals surface area contributed by atoms with E-state index < -0.39 is 0 Å². The van der Waals surface area contributed by atoms with Gasteiger partial charge >= 0.3 is 0 Å². The highest BCUT2D eigenvalue weighted by molar-refractivity contribution is 6.30. The molecule has 1 aliphatic heterocycles. The molecule has 0 amide bonds. The third-order valence-electron chi connectivity index (χ3n) is 5.33. The minimum atomic E-state index is 0.754. The van der Waals surface area contributed by atoms with Crippen molar-refractivity contribution in [1.29, 1.82) is 0 Å². The molecule has 0 atom stereocenters. The average Bonchev–Trinajstić information content (AvgIpc) is 3.23. The highest BCUT2D eigenvalue weighted by Gasteiger charge is 2.10. The number of hydrogen-bond donors (Lipinski definition) is 0. The molecule has 2 heterocycles. The summed E-state index contributed by atoms with van der Waals surface area (Å²) in [7, 11) is 0. The fraction of sp³-hybridized carbons (Fsp3) is 0.292. The van der Waals surface area contributed by atoms with E-state index in [-0.39, 0.29) is 0 Å². The van der Waals surface area contributed by atoms with E-state index in [1.807, 2.05) is 30.5 Å². The zero-order valence-corrected chi connectivity index (χ0v) is 16.3. The number of nitrogens with zero attached hydrogens (tertiary/aromatic N) is 2. The van der Waals surface area contributed by atoms with Crippen molar-refractivity contribution < 1.29 is 0 Å². The molecule has 0 saturated carbocycles. The van der Waals surface area contributed by atoms with E-state index in [0.717, 1.165) is 28.3 Å². The summed E-state index contributed by atoms with van der Waals surface area (Å²) in [6, 6.07) is 20.9. The molecular formula is C24H25ClN2. The molecule has 0 spiro atoms. The van der Waals surface area contributed by atoms with Gasteiger partial charge in [-0.05, 0) is 74.6 Å². The van der Waals surface area contributed by atoms with Crippen molar-refractivity contribution in [3.05, 3.63) is 77.4 Å². The smallest absolute Gasteiger partial charge is 0.0702 e. The maximum Gasteiger partial charge on any atom is 0.0702 e. The van der Waals surface area contributed by atoms with Crippen LogP contribution in [0.25, 0.3) is 22.4 Å². The lowest BCUT2D eigenvalue weighted by Crippen LogP contribution is -2.20.